The van der Waals surface area contributed by atoms with E-state index >= 15 is 0 Å². The largest absolute Gasteiger partial charge is 0.511 e. The summed E-state index contributed by atoms with van der Waals surface area (Å²) >= 11 is 0. The number of aliphatic hydroxyl groups excluding tert-OH is 1. The third-order valence-electron chi connectivity index (χ3n) is 6.12. The average molecular weight is 438 g/mol. The fourth-order valence-corrected chi connectivity index (χ4v) is 4.45. The van der Waals surface area contributed by atoms with Crippen LogP contribution < -0.4 is 0 Å². The van der Waals surface area contributed by atoms with Gasteiger partial charge in [0.15, 0.2) is 0 Å². The number of nitrogens with zero attached hydrogens (tertiary/aromatic N) is 1. The maximum Gasteiger partial charge on any atom is 0.344 e. The smallest absolute Gasteiger partial charge is 0.344 e. The van der Waals surface area contributed by atoms with Gasteiger partial charge in [-0.2, -0.15) is 0 Å². The van der Waals surface area contributed by atoms with Gasteiger partial charge in [0, 0.05) is 6.42 Å². The zero-order valence-corrected chi connectivity index (χ0v) is 18.3. The normalized spacial score (nSPS) is 18.2. The number of aliphatic hydroxyl groups is 1. The fraction of sp³-hybridized carbons (Fsp3) is 0.385. The lowest BCUT2D eigenvalue weighted by Crippen LogP contribution is -2.39. The van der Waals surface area contributed by atoms with Gasteiger partial charge in [-0.3, -0.25) is 0 Å². The van der Waals surface area contributed by atoms with Crippen LogP contribution in [0.2, 0.25) is 0 Å². The van der Waals surface area contributed by atoms with Crippen LogP contribution in [-0.2, 0) is 21.0 Å². The highest BCUT2D eigenvalue weighted by Gasteiger charge is 2.44. The van der Waals surface area contributed by atoms with Crippen molar-refractivity contribution in [2.45, 2.75) is 64.1 Å². The molecule has 1 heterocycles. The molecule has 2 aromatic rings. The molecule has 1 spiro atoms. The number of halogens is 1. The van der Waals surface area contributed by atoms with Crippen molar-refractivity contribution in [2.75, 3.05) is 0 Å². The van der Waals surface area contributed by atoms with Crippen molar-refractivity contribution in [3.8, 4) is 11.1 Å². The third kappa shape index (κ3) is 4.85. The Hall–Kier alpha value is -3.15. The molecule has 1 aliphatic carbocycles. The summed E-state index contributed by atoms with van der Waals surface area (Å²) in [5.41, 5.74) is 2.84. The van der Waals surface area contributed by atoms with E-state index in [1.54, 1.807) is 12.1 Å². The predicted octanol–water partition coefficient (Wildman–Crippen LogP) is 6.24. The molecule has 0 atom stereocenters. The molecule has 4 rings (SSSR count). The summed E-state index contributed by atoms with van der Waals surface area (Å²) in [5, 5.41) is 14.8. The summed E-state index contributed by atoms with van der Waals surface area (Å²) in [5.74, 6) is -0.710. The molecule has 0 aromatic heterocycles. The van der Waals surface area contributed by atoms with E-state index in [4.69, 9.17) is 9.57 Å². The highest BCUT2D eigenvalue weighted by Crippen LogP contribution is 2.42. The standard InChI is InChI=1S/C26H28FNO4/c1-2-5-22(24-23(29)16-26(32-25(24)30)14-3-4-15-26)28-31-17-18-6-8-19(9-7-18)20-10-12-21(27)13-11-20/h6-13,29H,2-5,14-17H2,1H3. The predicted molar refractivity (Wildman–Crippen MR) is 121 cm³/mol. The number of esters is 1. The zero-order chi connectivity index (χ0) is 22.6. The van der Waals surface area contributed by atoms with Gasteiger partial charge in [0.05, 0.1) is 5.71 Å². The van der Waals surface area contributed by atoms with Gasteiger partial charge >= 0.3 is 5.97 Å². The average Bonchev–Trinajstić information content (AvgIpc) is 3.21. The maximum atomic E-state index is 13.1. The zero-order valence-electron chi connectivity index (χ0n) is 18.3. The Morgan fingerprint density at radius 1 is 1.09 bits per heavy atom. The number of ether oxygens (including phenoxy) is 1. The first-order chi connectivity index (χ1) is 15.5. The molecular formula is C26H28FNO4. The molecule has 5 nitrogen and oxygen atoms in total. The van der Waals surface area contributed by atoms with Crippen molar-refractivity contribution >= 4 is 11.7 Å². The summed E-state index contributed by atoms with van der Waals surface area (Å²) in [7, 11) is 0. The molecule has 2 aromatic carbocycles. The van der Waals surface area contributed by atoms with E-state index in [0.29, 0.717) is 18.6 Å². The molecule has 1 N–H and O–H groups in total. The highest BCUT2D eigenvalue weighted by molar-refractivity contribution is 6.20. The van der Waals surface area contributed by atoms with Crippen LogP contribution in [0.25, 0.3) is 11.1 Å². The quantitative estimate of drug-likeness (QED) is 0.316. The minimum absolute atomic E-state index is 0.0580. The van der Waals surface area contributed by atoms with Crippen LogP contribution in [-0.4, -0.2) is 22.4 Å². The van der Waals surface area contributed by atoms with Crippen molar-refractivity contribution in [2.24, 2.45) is 5.16 Å². The van der Waals surface area contributed by atoms with Crippen molar-refractivity contribution in [1.29, 1.82) is 0 Å². The molecule has 0 saturated heterocycles. The van der Waals surface area contributed by atoms with E-state index in [1.165, 1.54) is 12.1 Å². The summed E-state index contributed by atoms with van der Waals surface area (Å²) < 4.78 is 18.9. The van der Waals surface area contributed by atoms with Crippen molar-refractivity contribution in [3.63, 3.8) is 0 Å². The SMILES string of the molecule is CCCC(=NOCc1ccc(-c2ccc(F)cc2)cc1)C1=C(O)CC2(CCCC2)OC1=O. The third-order valence-corrected chi connectivity index (χ3v) is 6.12. The van der Waals surface area contributed by atoms with E-state index in [-0.39, 0.29) is 23.8 Å². The number of hydrogen-bond donors (Lipinski definition) is 1. The van der Waals surface area contributed by atoms with Crippen LogP contribution in [0.3, 0.4) is 0 Å². The fourth-order valence-electron chi connectivity index (χ4n) is 4.45. The molecular weight excluding hydrogens is 409 g/mol. The van der Waals surface area contributed by atoms with Gasteiger partial charge in [0.25, 0.3) is 0 Å². The van der Waals surface area contributed by atoms with Gasteiger partial charge in [-0.1, -0.05) is 54.9 Å². The molecule has 1 fully saturated rings. The highest BCUT2D eigenvalue weighted by atomic mass is 19.1. The lowest BCUT2D eigenvalue weighted by atomic mass is 9.90. The Labute approximate surface area is 187 Å². The van der Waals surface area contributed by atoms with Crippen LogP contribution >= 0.6 is 0 Å². The Balaban J connectivity index is 1.44. The number of rotatable bonds is 7. The van der Waals surface area contributed by atoms with Crippen LogP contribution in [0, 0.1) is 5.82 Å². The first-order valence-electron chi connectivity index (χ1n) is 11.2. The maximum absolute atomic E-state index is 13.1. The molecule has 6 heteroatoms. The Morgan fingerprint density at radius 3 is 2.31 bits per heavy atom. The minimum Gasteiger partial charge on any atom is -0.511 e. The van der Waals surface area contributed by atoms with E-state index in [2.05, 4.69) is 5.16 Å². The molecule has 0 amide bonds. The van der Waals surface area contributed by atoms with E-state index in [0.717, 1.165) is 48.8 Å². The lowest BCUT2D eigenvalue weighted by Gasteiger charge is -2.33. The van der Waals surface area contributed by atoms with E-state index < -0.39 is 11.6 Å². The summed E-state index contributed by atoms with van der Waals surface area (Å²) in [6.45, 7) is 2.21. The Kier molecular flexibility index (Phi) is 6.58. The molecule has 2 aliphatic rings. The molecule has 168 valence electrons. The monoisotopic (exact) mass is 437 g/mol. The van der Waals surface area contributed by atoms with Crippen LogP contribution in [0.15, 0.2) is 65.0 Å². The second-order valence-corrected chi connectivity index (χ2v) is 8.54. The summed E-state index contributed by atoms with van der Waals surface area (Å²) in [6.07, 6.45) is 5.21. The lowest BCUT2D eigenvalue weighted by molar-refractivity contribution is -0.157. The molecule has 1 aliphatic heterocycles. The van der Waals surface area contributed by atoms with E-state index in [9.17, 15) is 14.3 Å². The summed E-state index contributed by atoms with van der Waals surface area (Å²) in [6, 6.07) is 14.1. The molecule has 32 heavy (non-hydrogen) atoms. The van der Waals surface area contributed by atoms with Crippen molar-refractivity contribution in [3.05, 3.63) is 71.2 Å². The van der Waals surface area contributed by atoms with Gasteiger partial charge in [-0.05, 0) is 60.9 Å². The van der Waals surface area contributed by atoms with Crippen LogP contribution in [0.1, 0.15) is 57.4 Å². The van der Waals surface area contributed by atoms with Gasteiger partial charge in [-0.15, -0.1) is 0 Å². The van der Waals surface area contributed by atoms with Crippen LogP contribution in [0.5, 0.6) is 0 Å². The molecule has 0 radical (unpaired) electrons. The second-order valence-electron chi connectivity index (χ2n) is 8.54. The number of benzene rings is 2. The van der Waals surface area contributed by atoms with Gasteiger partial charge in [-0.25, -0.2) is 9.18 Å². The minimum atomic E-state index is -0.547. The second kappa shape index (κ2) is 9.55. The number of carbonyl (C=O) groups is 1. The van der Waals surface area contributed by atoms with Gasteiger partial charge < -0.3 is 14.7 Å². The van der Waals surface area contributed by atoms with Gasteiger partial charge in [0.1, 0.15) is 29.4 Å². The van der Waals surface area contributed by atoms with E-state index in [1.807, 2.05) is 31.2 Å². The summed E-state index contributed by atoms with van der Waals surface area (Å²) in [4.78, 5) is 18.3. The topological polar surface area (TPSA) is 68.1 Å². The number of hydrogen-bond acceptors (Lipinski definition) is 5. The Bertz CT molecular complexity index is 1020. The van der Waals surface area contributed by atoms with Crippen LogP contribution in [0.4, 0.5) is 4.39 Å². The molecule has 0 bridgehead atoms. The first-order valence-corrected chi connectivity index (χ1v) is 11.2. The Morgan fingerprint density at radius 2 is 1.72 bits per heavy atom. The molecule has 0 unspecified atom stereocenters. The van der Waals surface area contributed by atoms with Crippen molar-refractivity contribution in [1.82, 2.24) is 0 Å². The first kappa shape index (κ1) is 22.1. The number of carbonyl (C=O) groups excluding carboxylic acids is 1. The molecule has 1 saturated carbocycles. The van der Waals surface area contributed by atoms with Gasteiger partial charge in [0.2, 0.25) is 0 Å². The number of oxime groups is 1. The van der Waals surface area contributed by atoms with Crippen molar-refractivity contribution < 1.29 is 23.9 Å².